The lowest BCUT2D eigenvalue weighted by atomic mass is 10.1. The number of aliphatic hydroxyl groups excluding tert-OH is 2. The fourth-order valence-corrected chi connectivity index (χ4v) is 0.978. The van der Waals surface area contributed by atoms with Crippen LogP contribution in [0.4, 0.5) is 0 Å². The number of nitrogens with zero attached hydrogens (tertiary/aromatic N) is 2. The Kier molecular flexibility index (Phi) is 26.2. The summed E-state index contributed by atoms with van der Waals surface area (Å²) in [6.07, 6.45) is -0.120. The van der Waals surface area contributed by atoms with Gasteiger partial charge >= 0.3 is 0 Å². The molecule has 0 aliphatic heterocycles. The molecular weight excluding hydrogens is 260 g/mol. The van der Waals surface area contributed by atoms with Crippen LogP contribution in [0.2, 0.25) is 0 Å². The van der Waals surface area contributed by atoms with Gasteiger partial charge in [0.05, 0.1) is 6.10 Å². The van der Waals surface area contributed by atoms with E-state index in [9.17, 15) is 9.59 Å². The highest BCUT2D eigenvalue weighted by atomic mass is 16.3. The lowest BCUT2D eigenvalue weighted by molar-refractivity contribution is -0.119. The maximum absolute atomic E-state index is 10.3. The first kappa shape index (κ1) is 26.7. The van der Waals surface area contributed by atoms with E-state index in [4.69, 9.17) is 22.0 Å². The Labute approximate surface area is 124 Å². The molecule has 2 unspecified atom stereocenters. The molecule has 120 valence electrons. The van der Waals surface area contributed by atoms with E-state index in [2.05, 4.69) is 11.4 Å². The molecule has 20 heavy (non-hydrogen) atoms. The van der Waals surface area contributed by atoms with E-state index in [0.29, 0.717) is 12.8 Å². The minimum Gasteiger partial charge on any atom is -0.393 e. The maximum Gasteiger partial charge on any atom is 0.240 e. The third-order valence-electron chi connectivity index (χ3n) is 1.82. The molecule has 0 fully saturated rings. The molecule has 0 aromatic heterocycles. The van der Waals surface area contributed by atoms with E-state index in [1.807, 2.05) is 6.92 Å². The Balaban J connectivity index is -0.0000000466. The van der Waals surface area contributed by atoms with Gasteiger partial charge in [0.1, 0.15) is 17.7 Å². The second-order valence-corrected chi connectivity index (χ2v) is 3.87. The van der Waals surface area contributed by atoms with Crippen molar-refractivity contribution in [3.8, 4) is 6.57 Å². The minimum atomic E-state index is -0.764. The van der Waals surface area contributed by atoms with Crippen LogP contribution < -0.4 is 0 Å². The third kappa shape index (κ3) is 29.9. The highest BCUT2D eigenvalue weighted by Gasteiger charge is 2.08. The smallest absolute Gasteiger partial charge is 0.240 e. The van der Waals surface area contributed by atoms with Gasteiger partial charge in [0.25, 0.3) is 0 Å². The predicted molar refractivity (Wildman–Crippen MR) is 82.0 cm³/mol. The van der Waals surface area contributed by atoms with Gasteiger partial charge in [0.15, 0.2) is 0 Å². The highest BCUT2D eigenvalue weighted by molar-refractivity contribution is 5.76. The van der Waals surface area contributed by atoms with Gasteiger partial charge in [-0.25, -0.2) is 11.8 Å². The summed E-state index contributed by atoms with van der Waals surface area (Å²) in [7, 11) is 0. The van der Waals surface area contributed by atoms with Crippen LogP contribution in [0, 0.1) is 18.4 Å². The summed E-state index contributed by atoms with van der Waals surface area (Å²) in [5.74, 6) is -0.0227. The van der Waals surface area contributed by atoms with Gasteiger partial charge in [-0.05, 0) is 20.3 Å². The molecule has 0 bridgehead atoms. The standard InChI is InChI=1S/C6H9NO2.C6H12O2.CHN.CH4.2H2/c1-5(8)3-6(9)4-7-2;1-3-6(8)4-5(2)7;1-2;;;/h6,9H,3-4H2,1H3;6,8H,3-4H2,1-2H3;1H;1H4;2*1H/i;;;;1+1;. The molecule has 0 radical (unpaired) electrons. The third-order valence-corrected chi connectivity index (χ3v) is 1.82. The normalized spacial score (nSPS) is 10.9. The van der Waals surface area contributed by atoms with E-state index >= 15 is 0 Å². The molecule has 0 saturated carbocycles. The van der Waals surface area contributed by atoms with Gasteiger partial charge < -0.3 is 15.1 Å². The molecule has 0 aromatic carbocycles. The molecule has 2 atom stereocenters. The van der Waals surface area contributed by atoms with Crippen LogP contribution in [0.15, 0.2) is 0 Å². The second kappa shape index (κ2) is 19.6. The first-order valence-corrected chi connectivity index (χ1v) is 5.77. The van der Waals surface area contributed by atoms with Gasteiger partial charge in [-0.2, -0.15) is 0 Å². The number of ketones is 2. The molecule has 0 saturated heterocycles. The van der Waals surface area contributed by atoms with E-state index in [0.717, 1.165) is 0 Å². The zero-order valence-corrected chi connectivity index (χ0v) is 11.7. The van der Waals surface area contributed by atoms with E-state index < -0.39 is 12.2 Å². The number of rotatable bonds is 6. The van der Waals surface area contributed by atoms with Crippen molar-refractivity contribution in [3.63, 3.8) is 0 Å². The molecule has 0 rings (SSSR count). The number of carbonyl (C=O) groups excluding carboxylic acids is 2. The Hall–Kier alpha value is -1.76. The van der Waals surface area contributed by atoms with Gasteiger partial charge in [0.2, 0.25) is 6.54 Å². The molecule has 0 spiro atoms. The molecule has 0 aromatic rings. The van der Waals surface area contributed by atoms with Crippen LogP contribution in [-0.2, 0) is 9.59 Å². The Bertz CT molecular complexity index is 318. The minimum absolute atomic E-state index is 0. The number of carbonyl (C=O) groups is 2. The summed E-state index contributed by atoms with van der Waals surface area (Å²) in [6, 6.07) is 0. The summed E-state index contributed by atoms with van der Waals surface area (Å²) in [6.45, 7) is 14.6. The molecule has 2 N–H and O–H groups in total. The molecule has 0 aliphatic carbocycles. The lowest BCUT2D eigenvalue weighted by Gasteiger charge is -2.01. The molecule has 6 nitrogen and oxygen atoms in total. The molecule has 0 heterocycles. The van der Waals surface area contributed by atoms with Gasteiger partial charge in [-0.15, -0.1) is 0 Å². The quantitative estimate of drug-likeness (QED) is 0.731. The van der Waals surface area contributed by atoms with Crippen LogP contribution in [0.1, 0.15) is 50.3 Å². The van der Waals surface area contributed by atoms with Crippen molar-refractivity contribution < 1.29 is 22.7 Å². The molecular formula is C14H30N2O4. The van der Waals surface area contributed by atoms with E-state index in [1.165, 1.54) is 13.8 Å². The van der Waals surface area contributed by atoms with Crippen molar-refractivity contribution in [2.45, 2.75) is 59.7 Å². The van der Waals surface area contributed by atoms with E-state index in [-0.39, 0.29) is 34.8 Å². The van der Waals surface area contributed by atoms with Crippen molar-refractivity contribution >= 4 is 11.6 Å². The lowest BCUT2D eigenvalue weighted by Crippen LogP contribution is -2.13. The first-order chi connectivity index (χ1) is 8.83. The van der Waals surface area contributed by atoms with Crippen LogP contribution in [-0.4, -0.2) is 40.5 Å². The molecule has 6 heteroatoms. The van der Waals surface area contributed by atoms with Crippen molar-refractivity contribution in [3.05, 3.63) is 11.4 Å². The highest BCUT2D eigenvalue weighted by Crippen LogP contribution is 1.95. The number of hydrogen-bond donors (Lipinski definition) is 2. The number of nitriles is 1. The van der Waals surface area contributed by atoms with E-state index in [1.54, 1.807) is 0 Å². The molecule has 0 amide bonds. The maximum atomic E-state index is 10.3. The van der Waals surface area contributed by atoms with Crippen molar-refractivity contribution in [2.24, 2.45) is 0 Å². The zero-order valence-electron chi connectivity index (χ0n) is 11.7. The summed E-state index contributed by atoms with van der Waals surface area (Å²) < 4.78 is 0. The van der Waals surface area contributed by atoms with Crippen LogP contribution in [0.3, 0.4) is 0 Å². The van der Waals surface area contributed by atoms with Crippen LogP contribution in [0.5, 0.6) is 0 Å². The Morgan fingerprint density at radius 2 is 1.60 bits per heavy atom. The average Bonchev–Trinajstić information content (AvgIpc) is 2.30. The van der Waals surface area contributed by atoms with Gasteiger partial charge in [0, 0.05) is 22.3 Å². The molecule has 0 aliphatic rings. The second-order valence-electron chi connectivity index (χ2n) is 3.87. The monoisotopic (exact) mass is 291 g/mol. The summed E-state index contributed by atoms with van der Waals surface area (Å²) in [5.41, 5.74) is 0. The van der Waals surface area contributed by atoms with Crippen molar-refractivity contribution in [1.82, 2.24) is 0 Å². The number of hydrogen-bond acceptors (Lipinski definition) is 5. The Morgan fingerprint density at radius 1 is 1.25 bits per heavy atom. The number of Topliss-reactive ketones (excluding diaryl/α,β-unsaturated/α-hetero) is 2. The van der Waals surface area contributed by atoms with Crippen LogP contribution in [0.25, 0.3) is 4.85 Å². The van der Waals surface area contributed by atoms with Crippen molar-refractivity contribution in [1.29, 1.82) is 5.26 Å². The topological polar surface area (TPSA) is 103 Å². The zero-order chi connectivity index (χ0) is 15.8. The summed E-state index contributed by atoms with van der Waals surface area (Å²) >= 11 is 0. The first-order valence-electron chi connectivity index (χ1n) is 5.77. The summed E-state index contributed by atoms with van der Waals surface area (Å²) in [4.78, 5) is 23.5. The van der Waals surface area contributed by atoms with Gasteiger partial charge in [-0.1, -0.05) is 14.4 Å². The fourth-order valence-electron chi connectivity index (χ4n) is 0.978. The summed E-state index contributed by atoms with van der Waals surface area (Å²) in [5, 5.41) is 24.1. The largest absolute Gasteiger partial charge is 0.393 e. The number of aliphatic hydroxyl groups is 2. The van der Waals surface area contributed by atoms with Gasteiger partial charge in [-0.3, -0.25) is 9.59 Å². The average molecular weight is 291 g/mol. The van der Waals surface area contributed by atoms with Crippen LogP contribution >= 0.6 is 0 Å². The van der Waals surface area contributed by atoms with Crippen molar-refractivity contribution in [2.75, 3.05) is 6.54 Å². The SMILES string of the molecule is C.C#N.CCC(O)CC(C)=O.[2HH].[C-]#[N+]CC(O)CC(C)=O.[HH]. The predicted octanol–water partition coefficient (Wildman–Crippen LogP) is 2.25. The fraction of sp³-hybridized carbons (Fsp3) is 0.714. The Morgan fingerprint density at radius 3 is 1.80 bits per heavy atom.